The first-order valence-corrected chi connectivity index (χ1v) is 14.6. The first kappa shape index (κ1) is 30.6. The molecule has 1 heterocycles. The van der Waals surface area contributed by atoms with Crippen molar-refractivity contribution >= 4 is 40.9 Å². The molecule has 0 aromatic heterocycles. The highest BCUT2D eigenvalue weighted by Gasteiger charge is 2.44. The van der Waals surface area contributed by atoms with Crippen LogP contribution in [0.5, 0.6) is 0 Å². The topological polar surface area (TPSA) is 81.8 Å². The Morgan fingerprint density at radius 1 is 0.854 bits per heavy atom. The van der Waals surface area contributed by atoms with Crippen LogP contribution in [0.4, 0.5) is 0 Å². The maximum absolute atomic E-state index is 13.7. The molecule has 216 valence electrons. The summed E-state index contributed by atoms with van der Waals surface area (Å²) in [6, 6.07) is 23.1. The minimum Gasteiger partial charge on any atom is -0.274 e. The van der Waals surface area contributed by atoms with E-state index in [9.17, 15) is 14.4 Å². The van der Waals surface area contributed by atoms with Gasteiger partial charge in [0.15, 0.2) is 0 Å². The van der Waals surface area contributed by atoms with Crippen molar-refractivity contribution in [3.63, 3.8) is 0 Å². The molecule has 1 aliphatic rings. The van der Waals surface area contributed by atoms with Crippen LogP contribution in [-0.4, -0.2) is 47.9 Å². The van der Waals surface area contributed by atoms with E-state index in [0.29, 0.717) is 41.5 Å². The molecular formula is C32H36Cl2N4O3. The summed E-state index contributed by atoms with van der Waals surface area (Å²) in [6.07, 6.45) is 4.56. The van der Waals surface area contributed by atoms with Crippen molar-refractivity contribution in [2.45, 2.75) is 50.9 Å². The van der Waals surface area contributed by atoms with Crippen LogP contribution in [0.25, 0.3) is 0 Å². The maximum atomic E-state index is 13.7. The number of carbonyl (C=O) groups excluding carboxylic acids is 3. The van der Waals surface area contributed by atoms with Gasteiger partial charge in [-0.05, 0) is 73.4 Å². The van der Waals surface area contributed by atoms with Crippen LogP contribution >= 0.6 is 23.2 Å². The van der Waals surface area contributed by atoms with E-state index in [2.05, 4.69) is 10.9 Å². The number of amides is 3. The van der Waals surface area contributed by atoms with Crippen molar-refractivity contribution in [1.82, 2.24) is 20.9 Å². The summed E-state index contributed by atoms with van der Waals surface area (Å²) in [5, 5.41) is 4.79. The van der Waals surface area contributed by atoms with Crippen LogP contribution in [-0.2, 0) is 27.8 Å². The highest BCUT2D eigenvalue weighted by Crippen LogP contribution is 2.36. The molecule has 3 amide bonds. The Balaban J connectivity index is 1.39. The molecule has 0 saturated carbocycles. The second kappa shape index (κ2) is 14.0. The zero-order valence-electron chi connectivity index (χ0n) is 23.5. The van der Waals surface area contributed by atoms with Gasteiger partial charge in [0.1, 0.15) is 0 Å². The number of hydrazine groups is 2. The molecule has 0 radical (unpaired) electrons. The molecule has 9 heteroatoms. The Bertz CT molecular complexity index is 1370. The molecule has 2 N–H and O–H groups in total. The zero-order chi connectivity index (χ0) is 29.4. The molecule has 1 saturated heterocycles. The number of rotatable bonds is 9. The smallest absolute Gasteiger partial charge is 0.268 e. The minimum absolute atomic E-state index is 0.0695. The Morgan fingerprint density at radius 2 is 1.51 bits per heavy atom. The quantitative estimate of drug-likeness (QED) is 0.244. The molecular weight excluding hydrogens is 559 g/mol. The largest absolute Gasteiger partial charge is 0.274 e. The molecule has 1 aliphatic heterocycles. The first-order valence-electron chi connectivity index (χ1n) is 13.9. The fourth-order valence-corrected chi connectivity index (χ4v) is 5.76. The van der Waals surface area contributed by atoms with E-state index in [1.165, 1.54) is 6.92 Å². The van der Waals surface area contributed by atoms with E-state index < -0.39 is 5.41 Å². The van der Waals surface area contributed by atoms with Gasteiger partial charge in [0.05, 0.1) is 15.5 Å². The predicted octanol–water partition coefficient (Wildman–Crippen LogP) is 5.75. The lowest BCUT2D eigenvalue weighted by Gasteiger charge is -2.43. The first-order chi connectivity index (χ1) is 19.7. The van der Waals surface area contributed by atoms with Gasteiger partial charge < -0.3 is 0 Å². The normalized spacial score (nSPS) is 14.7. The van der Waals surface area contributed by atoms with Crippen molar-refractivity contribution < 1.29 is 14.4 Å². The van der Waals surface area contributed by atoms with Gasteiger partial charge in [-0.25, -0.2) is 5.01 Å². The van der Waals surface area contributed by atoms with Crippen molar-refractivity contribution in [2.24, 2.45) is 0 Å². The third-order valence-corrected chi connectivity index (χ3v) is 8.56. The van der Waals surface area contributed by atoms with Crippen LogP contribution < -0.4 is 10.9 Å². The number of halogens is 2. The molecule has 0 unspecified atom stereocenters. The van der Waals surface area contributed by atoms with E-state index >= 15 is 0 Å². The molecule has 7 nitrogen and oxygen atoms in total. The molecule has 4 rings (SSSR count). The van der Waals surface area contributed by atoms with Gasteiger partial charge in [0.2, 0.25) is 11.8 Å². The summed E-state index contributed by atoms with van der Waals surface area (Å²) in [6.45, 7) is 2.37. The summed E-state index contributed by atoms with van der Waals surface area (Å²) in [5.41, 5.74) is 7.94. The molecule has 3 aromatic rings. The van der Waals surface area contributed by atoms with Crippen molar-refractivity contribution in [1.29, 1.82) is 0 Å². The van der Waals surface area contributed by atoms with E-state index in [1.54, 1.807) is 12.1 Å². The zero-order valence-corrected chi connectivity index (χ0v) is 25.0. The summed E-state index contributed by atoms with van der Waals surface area (Å²) >= 11 is 12.2. The average molecular weight is 596 g/mol. The number of hydrogen-bond donors (Lipinski definition) is 2. The second-order valence-electron chi connectivity index (χ2n) is 10.5. The third-order valence-electron chi connectivity index (χ3n) is 7.82. The molecule has 41 heavy (non-hydrogen) atoms. The Morgan fingerprint density at radius 3 is 2.20 bits per heavy atom. The molecule has 0 aliphatic carbocycles. The summed E-state index contributed by atoms with van der Waals surface area (Å²) in [4.78, 5) is 38.4. The van der Waals surface area contributed by atoms with Gasteiger partial charge in [-0.3, -0.25) is 30.2 Å². The van der Waals surface area contributed by atoms with Crippen LogP contribution in [0, 0.1) is 0 Å². The number of hydrogen-bond acceptors (Lipinski definition) is 4. The third kappa shape index (κ3) is 7.47. The maximum Gasteiger partial charge on any atom is 0.268 e. The summed E-state index contributed by atoms with van der Waals surface area (Å²) < 4.78 is 0. The number of nitrogens with one attached hydrogen (secondary N) is 2. The number of nitrogens with zero attached hydrogens (tertiary/aromatic N) is 2. The lowest BCUT2D eigenvalue weighted by molar-refractivity contribution is -0.134. The van der Waals surface area contributed by atoms with Crippen LogP contribution in [0.3, 0.4) is 0 Å². The van der Waals surface area contributed by atoms with Gasteiger partial charge in [-0.1, -0.05) is 77.8 Å². The standard InChI is InChI=1S/C32H36Cl2N4O3/c1-23(39)35-36-31(41)32(26-13-4-3-5-14-26)18-20-38(21-19-32)37(2)30(40)27-15-9-8-12-25(27)11-7-6-10-24-16-17-28(33)29(34)22-24/h3-5,8-9,12-17,22H,6-7,10-11,18-21H2,1-2H3,(H,35,39)(H,36,41). The van der Waals surface area contributed by atoms with Gasteiger partial charge in [0, 0.05) is 32.6 Å². The Kier molecular flexibility index (Phi) is 10.4. The lowest BCUT2D eigenvalue weighted by atomic mass is 9.72. The number of unbranched alkanes of at least 4 members (excludes halogenated alkanes) is 1. The lowest BCUT2D eigenvalue weighted by Crippen LogP contribution is -2.58. The molecule has 3 aromatic carbocycles. The van der Waals surface area contributed by atoms with Crippen LogP contribution in [0.1, 0.15) is 59.7 Å². The van der Waals surface area contributed by atoms with Crippen LogP contribution in [0.15, 0.2) is 72.8 Å². The van der Waals surface area contributed by atoms with Gasteiger partial charge >= 0.3 is 0 Å². The van der Waals surface area contributed by atoms with E-state index in [1.807, 2.05) is 77.8 Å². The van der Waals surface area contributed by atoms with Crippen molar-refractivity contribution in [3.8, 4) is 0 Å². The molecule has 0 spiro atoms. The van der Waals surface area contributed by atoms with Crippen molar-refractivity contribution in [2.75, 3.05) is 20.1 Å². The number of benzene rings is 3. The second-order valence-corrected chi connectivity index (χ2v) is 11.3. The number of piperidine rings is 1. The fraction of sp³-hybridized carbons (Fsp3) is 0.344. The summed E-state index contributed by atoms with van der Waals surface area (Å²) in [5.74, 6) is -0.656. The molecule has 0 bridgehead atoms. The molecule has 0 atom stereocenters. The highest BCUT2D eigenvalue weighted by molar-refractivity contribution is 6.42. The van der Waals surface area contributed by atoms with E-state index in [-0.39, 0.29) is 17.7 Å². The SMILES string of the molecule is CC(=O)NNC(=O)C1(c2ccccc2)CCN(N(C)C(=O)c2ccccc2CCCCc2ccc(Cl)c(Cl)c2)CC1. The van der Waals surface area contributed by atoms with Gasteiger partial charge in [0.25, 0.3) is 5.91 Å². The van der Waals surface area contributed by atoms with Gasteiger partial charge in [-0.15, -0.1) is 0 Å². The van der Waals surface area contributed by atoms with E-state index in [0.717, 1.165) is 42.4 Å². The monoisotopic (exact) mass is 594 g/mol. The Labute approximate surface area is 251 Å². The number of aryl methyl sites for hydroxylation is 2. The minimum atomic E-state index is -0.809. The van der Waals surface area contributed by atoms with E-state index in [4.69, 9.17) is 23.2 Å². The summed E-state index contributed by atoms with van der Waals surface area (Å²) in [7, 11) is 1.79. The predicted molar refractivity (Wildman–Crippen MR) is 163 cm³/mol. The number of carbonyl (C=O) groups is 3. The van der Waals surface area contributed by atoms with Crippen LogP contribution in [0.2, 0.25) is 10.0 Å². The highest BCUT2D eigenvalue weighted by atomic mass is 35.5. The van der Waals surface area contributed by atoms with Crippen molar-refractivity contribution in [3.05, 3.63) is 105 Å². The average Bonchev–Trinajstić information content (AvgIpc) is 2.99. The molecule has 1 fully saturated rings. The van der Waals surface area contributed by atoms with Gasteiger partial charge in [-0.2, -0.15) is 0 Å². The fourth-order valence-electron chi connectivity index (χ4n) is 5.43. The Hall–Kier alpha value is -3.39.